The molecule has 0 aliphatic heterocycles. The van der Waals surface area contributed by atoms with E-state index in [0.29, 0.717) is 16.5 Å². The van der Waals surface area contributed by atoms with Crippen LogP contribution in [-0.2, 0) is 21.1 Å². The first-order valence-corrected chi connectivity index (χ1v) is 31.4. The first-order chi connectivity index (χ1) is 46.8. The van der Waals surface area contributed by atoms with Crippen molar-refractivity contribution in [3.63, 3.8) is 0 Å². The van der Waals surface area contributed by atoms with E-state index in [1.54, 1.807) is 24.3 Å². The molecular formula is C84H75N4O3+3. The van der Waals surface area contributed by atoms with E-state index in [-0.39, 0.29) is 0 Å². The predicted octanol–water partition coefficient (Wildman–Crippen LogP) is 21.0. The third-order valence-electron chi connectivity index (χ3n) is 18.9. The quantitative estimate of drug-likeness (QED) is 0.161. The molecule has 0 atom stereocenters. The number of fused-ring (bicyclic) bond motifs is 12. The molecule has 0 spiro atoms. The number of nitrogens with zero attached hydrogens (tertiary/aromatic N) is 4. The summed E-state index contributed by atoms with van der Waals surface area (Å²) in [4.78, 5) is 4.82. The van der Waals surface area contributed by atoms with Crippen LogP contribution in [0.1, 0.15) is 88.4 Å². The second-order valence-corrected chi connectivity index (χ2v) is 25.8. The number of benzene rings is 9. The van der Waals surface area contributed by atoms with E-state index in [1.165, 1.54) is 27.6 Å². The molecule has 0 N–H and O–H groups in total. The van der Waals surface area contributed by atoms with Gasteiger partial charge >= 0.3 is 0 Å². The standard InChI is InChI=1S/C32H34NO.C30H24NO.C22H17N2O/c1-20-6-9-26(21(2)14-20)29-18-31-28(19-33(29)5)27-16-24-8-7-23(15-25(24)17-30(27)34-31)22-10-12-32(3,4)13-11-22;1-19-9-12-25(20(2)13-19)28-17-30-27(18-31(28)3)26-15-23-11-10-22(21-7-5-4-6-8-21)14-24(23)16-29(26)32-30;1-14-7-3-5-9-16(14)19-12-20-17(13-24(19)2)22-21(25-20)11-15-8-4-6-10-18(15)23-22/h6-9,14-19,22H,10-13H2,1-5H3;4-18H,1-3H3;3-13H,1-2H3/q3*+1/i1D3,22D;1D3;. The van der Waals surface area contributed by atoms with E-state index in [4.69, 9.17) is 26.5 Å². The number of furan rings is 3. The highest BCUT2D eigenvalue weighted by atomic mass is 16.3. The lowest BCUT2D eigenvalue weighted by Crippen LogP contribution is -2.30. The third-order valence-corrected chi connectivity index (χ3v) is 18.9. The monoisotopic (exact) mass is 1190 g/mol. The Morgan fingerprint density at radius 1 is 0.418 bits per heavy atom. The Morgan fingerprint density at radius 3 is 1.51 bits per heavy atom. The van der Waals surface area contributed by atoms with Gasteiger partial charge in [-0.1, -0.05) is 146 Å². The first kappa shape index (κ1) is 49.6. The number of aryl methyl sites for hydroxylation is 8. The summed E-state index contributed by atoms with van der Waals surface area (Å²) in [7, 11) is 6.09. The molecule has 1 aliphatic carbocycles. The molecule has 9 aromatic carbocycles. The van der Waals surface area contributed by atoms with Gasteiger partial charge in [-0.2, -0.15) is 0 Å². The highest BCUT2D eigenvalue weighted by Crippen LogP contribution is 2.44. The maximum absolute atomic E-state index is 9.20. The molecule has 91 heavy (non-hydrogen) atoms. The molecule has 1 fully saturated rings. The molecular weight excluding hydrogens is 1110 g/mol. The molecule has 17 rings (SSSR count). The Balaban J connectivity index is 0.000000122. The van der Waals surface area contributed by atoms with Gasteiger partial charge in [-0.3, -0.25) is 0 Å². The lowest BCUT2D eigenvalue weighted by Gasteiger charge is -2.34. The van der Waals surface area contributed by atoms with Gasteiger partial charge in [0.15, 0.2) is 24.2 Å². The molecule has 446 valence electrons. The molecule has 1 aliphatic rings. The molecule has 7 aromatic heterocycles. The fourth-order valence-electron chi connectivity index (χ4n) is 13.7. The van der Waals surface area contributed by atoms with Crippen LogP contribution >= 0.6 is 0 Å². The zero-order valence-electron chi connectivity index (χ0n) is 59.6. The fraction of sp³-hybridized carbons (Fsp3) is 0.190. The van der Waals surface area contributed by atoms with Crippen LogP contribution < -0.4 is 13.7 Å². The molecule has 0 radical (unpaired) electrons. The second kappa shape index (κ2) is 22.7. The van der Waals surface area contributed by atoms with Crippen LogP contribution in [0.5, 0.6) is 0 Å². The summed E-state index contributed by atoms with van der Waals surface area (Å²) >= 11 is 0. The highest BCUT2D eigenvalue weighted by molar-refractivity contribution is 6.12. The lowest BCUT2D eigenvalue weighted by atomic mass is 9.71. The molecule has 7 nitrogen and oxygen atoms in total. The third kappa shape index (κ3) is 10.8. The minimum atomic E-state index is -2.12. The van der Waals surface area contributed by atoms with Gasteiger partial charge in [-0.05, 0) is 187 Å². The van der Waals surface area contributed by atoms with Crippen LogP contribution in [0.2, 0.25) is 0 Å². The summed E-state index contributed by atoms with van der Waals surface area (Å²) in [5, 5.41) is 10.9. The molecule has 7 heterocycles. The molecule has 0 bridgehead atoms. The van der Waals surface area contributed by atoms with Gasteiger partial charge in [0.25, 0.3) is 0 Å². The van der Waals surface area contributed by atoms with Crippen LogP contribution in [0, 0.1) is 39.9 Å². The smallest absolute Gasteiger partial charge is 0.216 e. The number of hydrogen-bond donors (Lipinski definition) is 0. The topological polar surface area (TPSA) is 64.0 Å². The summed E-state index contributed by atoms with van der Waals surface area (Å²) in [5.74, 6) is -0.526. The number of para-hydroxylation sites is 1. The van der Waals surface area contributed by atoms with Gasteiger partial charge in [0.05, 0.1) is 34.5 Å². The summed E-state index contributed by atoms with van der Waals surface area (Å²) in [6, 6.07) is 67.5. The fourth-order valence-corrected chi connectivity index (χ4v) is 13.7. The Morgan fingerprint density at radius 2 is 0.912 bits per heavy atom. The maximum Gasteiger partial charge on any atom is 0.216 e. The predicted molar refractivity (Wildman–Crippen MR) is 375 cm³/mol. The van der Waals surface area contributed by atoms with Crippen molar-refractivity contribution in [3.8, 4) is 44.9 Å². The molecule has 7 heteroatoms. The van der Waals surface area contributed by atoms with Gasteiger partial charge in [0.2, 0.25) is 17.1 Å². The maximum atomic E-state index is 9.20. The summed E-state index contributed by atoms with van der Waals surface area (Å²) in [6.45, 7) is 6.41. The van der Waals surface area contributed by atoms with E-state index < -0.39 is 19.6 Å². The average Bonchev–Trinajstić information content (AvgIpc) is 1.58. The Bertz CT molecular complexity index is 5870. The molecule has 1 saturated carbocycles. The Labute approximate surface area is 540 Å². The van der Waals surface area contributed by atoms with Gasteiger partial charge in [-0.25, -0.2) is 18.7 Å². The SMILES string of the molecule is Cc1ccccc1-c1cc2oc3cc4ccccc4nc3c2c[n+]1C.[2H]C([2H])([2H])c1ccc(-c2cc3oc4cc5cc(-c6ccccc6)ccc5cc4c3c[n+]2C)c(C)c1.[2H]C([2H])([2H])c1ccc(-c2cc3oc4cc5cc(C6([2H])CCC(C)(C)CC6)ccc5cc4c3c[n+]2C)c(C)c1. The number of pyridine rings is 4. The average molecular weight is 1200 g/mol. The minimum Gasteiger partial charge on any atom is -0.456 e. The zero-order valence-corrected chi connectivity index (χ0v) is 52.6. The van der Waals surface area contributed by atoms with Crippen LogP contribution in [0.15, 0.2) is 232 Å². The van der Waals surface area contributed by atoms with Crippen LogP contribution in [0.3, 0.4) is 0 Å². The summed E-state index contributed by atoms with van der Waals surface area (Å²) in [6.07, 6.45) is 10.2. The van der Waals surface area contributed by atoms with Gasteiger partial charge in [0.1, 0.15) is 60.0 Å². The van der Waals surface area contributed by atoms with E-state index in [0.717, 1.165) is 164 Å². The van der Waals surface area contributed by atoms with Crippen molar-refractivity contribution in [1.82, 2.24) is 4.98 Å². The van der Waals surface area contributed by atoms with Crippen molar-refractivity contribution in [1.29, 1.82) is 0 Å². The lowest BCUT2D eigenvalue weighted by molar-refractivity contribution is -0.659. The molecule has 0 amide bonds. The van der Waals surface area contributed by atoms with Crippen molar-refractivity contribution in [2.24, 2.45) is 26.6 Å². The number of hydrogen-bond acceptors (Lipinski definition) is 4. The van der Waals surface area contributed by atoms with E-state index >= 15 is 0 Å². The van der Waals surface area contributed by atoms with Gasteiger partial charge in [-0.15, -0.1) is 0 Å². The van der Waals surface area contributed by atoms with Gasteiger partial charge < -0.3 is 13.3 Å². The number of rotatable bonds is 5. The second-order valence-electron chi connectivity index (χ2n) is 25.8. The van der Waals surface area contributed by atoms with Crippen molar-refractivity contribution < 1.29 is 36.5 Å². The van der Waals surface area contributed by atoms with E-state index in [9.17, 15) is 1.37 Å². The normalized spacial score (nSPS) is 15.2. The van der Waals surface area contributed by atoms with Gasteiger partial charge in [0, 0.05) is 42.4 Å². The Kier molecular flexibility index (Phi) is 12.4. The van der Waals surface area contributed by atoms with Crippen molar-refractivity contribution >= 4 is 98.4 Å². The number of aromatic nitrogens is 4. The highest BCUT2D eigenvalue weighted by Gasteiger charge is 2.28. The summed E-state index contributed by atoms with van der Waals surface area (Å²) < 4.78 is 80.6. The largest absolute Gasteiger partial charge is 0.456 e. The van der Waals surface area contributed by atoms with Crippen molar-refractivity contribution in [2.45, 2.75) is 79.9 Å². The van der Waals surface area contributed by atoms with E-state index in [1.807, 2.05) is 76.5 Å². The van der Waals surface area contributed by atoms with Crippen molar-refractivity contribution in [3.05, 3.63) is 252 Å². The Hall–Kier alpha value is -10.2. The minimum absolute atomic E-state index is 0.326. The van der Waals surface area contributed by atoms with Crippen LogP contribution in [-0.4, -0.2) is 4.98 Å². The van der Waals surface area contributed by atoms with E-state index in [2.05, 4.69) is 188 Å². The van der Waals surface area contributed by atoms with Crippen LogP contribution in [0.4, 0.5) is 0 Å². The molecule has 0 unspecified atom stereocenters. The van der Waals surface area contributed by atoms with Crippen molar-refractivity contribution in [2.75, 3.05) is 0 Å². The first-order valence-electron chi connectivity index (χ1n) is 34.9. The van der Waals surface area contributed by atoms with Crippen LogP contribution in [0.25, 0.3) is 143 Å². The molecule has 16 aromatic rings. The summed E-state index contributed by atoms with van der Waals surface area (Å²) in [5.41, 5.74) is 20.7. The molecule has 0 saturated heterocycles. The zero-order chi connectivity index (χ0) is 68.3.